The molecule has 1 aliphatic heterocycles. The number of rotatable bonds is 5. The van der Waals surface area contributed by atoms with Crippen molar-refractivity contribution in [3.05, 3.63) is 54.6 Å². The van der Waals surface area contributed by atoms with Gasteiger partial charge < -0.3 is 19.7 Å². The molecule has 0 unspecified atom stereocenters. The second kappa shape index (κ2) is 10.4. The lowest BCUT2D eigenvalue weighted by molar-refractivity contribution is 0.0128. The van der Waals surface area contributed by atoms with Crippen molar-refractivity contribution in [2.24, 2.45) is 7.05 Å². The number of amides is 1. The molecule has 3 aromatic heterocycles. The molecule has 6 rings (SSSR count). The number of anilines is 2. The number of aromatic nitrogens is 5. The molecule has 0 atom stereocenters. The molecule has 1 amide bonds. The maximum Gasteiger partial charge on any atom is 0.410 e. The predicted octanol–water partition coefficient (Wildman–Crippen LogP) is 6.16. The molecule has 5 aromatic rings. The molecule has 0 saturated carbocycles. The first kappa shape index (κ1) is 26.0. The van der Waals surface area contributed by atoms with Gasteiger partial charge in [0.05, 0.1) is 32.8 Å². The molecule has 0 aliphatic carbocycles. The summed E-state index contributed by atoms with van der Waals surface area (Å²) in [5.41, 5.74) is 5.81. The fourth-order valence-corrected chi connectivity index (χ4v) is 5.47. The second-order valence-electron chi connectivity index (χ2n) is 10.9. The minimum Gasteiger partial charge on any atom is -0.489 e. The van der Waals surface area contributed by atoms with Crippen molar-refractivity contribution < 1.29 is 14.3 Å². The maximum absolute atomic E-state index is 12.6. The van der Waals surface area contributed by atoms with Crippen LogP contribution in [0.15, 0.2) is 54.6 Å². The number of nitrogens with one attached hydrogen (secondary N) is 1. The Kier molecular flexibility index (Phi) is 6.75. The summed E-state index contributed by atoms with van der Waals surface area (Å²) >= 11 is 1.61. The minimum atomic E-state index is -0.524. The Labute approximate surface area is 236 Å². The first-order valence-corrected chi connectivity index (χ1v) is 14.1. The highest BCUT2D eigenvalue weighted by molar-refractivity contribution is 7.16. The van der Waals surface area contributed by atoms with Crippen LogP contribution in [0.1, 0.15) is 33.6 Å². The van der Waals surface area contributed by atoms with Gasteiger partial charge in [-0.3, -0.25) is 4.68 Å². The molecule has 1 fully saturated rings. The van der Waals surface area contributed by atoms with Crippen molar-refractivity contribution in [1.29, 1.82) is 0 Å². The molecule has 4 heterocycles. The van der Waals surface area contributed by atoms with Crippen LogP contribution in [0.25, 0.3) is 32.2 Å². The number of nitrogens with zero attached hydrogens (tertiary/aromatic N) is 6. The highest BCUT2D eigenvalue weighted by Gasteiger charge is 2.28. The Balaban J connectivity index is 1.32. The van der Waals surface area contributed by atoms with E-state index in [1.54, 1.807) is 27.2 Å². The number of ether oxygens (including phenoxy) is 2. The molecule has 10 nitrogen and oxygen atoms in total. The zero-order valence-electron chi connectivity index (χ0n) is 22.9. The molecule has 206 valence electrons. The van der Waals surface area contributed by atoms with Crippen LogP contribution >= 0.6 is 11.3 Å². The summed E-state index contributed by atoms with van der Waals surface area (Å²) in [6.07, 6.45) is 6.37. The number of benzene rings is 2. The zero-order chi connectivity index (χ0) is 27.9. The number of carbonyl (C=O) groups is 1. The van der Waals surface area contributed by atoms with Crippen molar-refractivity contribution >= 4 is 50.1 Å². The lowest BCUT2D eigenvalue weighted by atomic mass is 10.0. The highest BCUT2D eigenvalue weighted by Crippen LogP contribution is 2.38. The summed E-state index contributed by atoms with van der Waals surface area (Å²) in [6, 6.07) is 10.1. The largest absolute Gasteiger partial charge is 0.489 e. The SMILES string of the molecule is Cn1cc(-c2cc(OC3CCN(C(=O)OC(C)(C)C)CC3)c3c(Nc4ccc5scnc5c4)ncnc3c2)cn1. The molecular weight excluding hydrogens is 526 g/mol. The Morgan fingerprint density at radius 1 is 1.05 bits per heavy atom. The Bertz CT molecular complexity index is 1680. The van der Waals surface area contributed by atoms with Crippen LogP contribution in [0.5, 0.6) is 5.75 Å². The third kappa shape index (κ3) is 5.55. The van der Waals surface area contributed by atoms with Crippen LogP contribution in [0.4, 0.5) is 16.3 Å². The van der Waals surface area contributed by atoms with E-state index in [1.807, 2.05) is 70.0 Å². The van der Waals surface area contributed by atoms with E-state index in [0.717, 1.165) is 37.9 Å². The number of hydrogen-bond acceptors (Lipinski definition) is 9. The summed E-state index contributed by atoms with van der Waals surface area (Å²) in [5.74, 6) is 1.34. The fraction of sp³-hybridized carbons (Fsp3) is 0.345. The minimum absolute atomic E-state index is 0.0783. The van der Waals surface area contributed by atoms with Gasteiger partial charge in [-0.25, -0.2) is 19.7 Å². The van der Waals surface area contributed by atoms with Crippen LogP contribution < -0.4 is 10.1 Å². The van der Waals surface area contributed by atoms with Crippen molar-refractivity contribution in [3.63, 3.8) is 0 Å². The van der Waals surface area contributed by atoms with Crippen LogP contribution in [0.3, 0.4) is 0 Å². The van der Waals surface area contributed by atoms with E-state index in [9.17, 15) is 4.79 Å². The summed E-state index contributed by atoms with van der Waals surface area (Å²) < 4.78 is 15.1. The van der Waals surface area contributed by atoms with Crippen molar-refractivity contribution in [1.82, 2.24) is 29.6 Å². The Morgan fingerprint density at radius 2 is 1.88 bits per heavy atom. The molecule has 1 N–H and O–H groups in total. The van der Waals surface area contributed by atoms with Crippen LogP contribution in [0.2, 0.25) is 0 Å². The van der Waals surface area contributed by atoms with Gasteiger partial charge in [-0.05, 0) is 56.7 Å². The van der Waals surface area contributed by atoms with Crippen molar-refractivity contribution in [2.45, 2.75) is 45.3 Å². The van der Waals surface area contributed by atoms with Gasteiger partial charge in [0.2, 0.25) is 0 Å². The number of aryl methyl sites for hydroxylation is 1. The van der Waals surface area contributed by atoms with Crippen LogP contribution in [-0.4, -0.2) is 60.5 Å². The van der Waals surface area contributed by atoms with E-state index in [0.29, 0.717) is 37.5 Å². The van der Waals surface area contributed by atoms with E-state index in [2.05, 4.69) is 31.4 Å². The zero-order valence-corrected chi connectivity index (χ0v) is 23.7. The van der Waals surface area contributed by atoms with Crippen molar-refractivity contribution in [3.8, 4) is 16.9 Å². The summed E-state index contributed by atoms with van der Waals surface area (Å²) in [6.45, 7) is 6.77. The topological polar surface area (TPSA) is 107 Å². The van der Waals surface area contributed by atoms with Gasteiger partial charge in [0, 0.05) is 50.4 Å². The maximum atomic E-state index is 12.6. The molecule has 0 spiro atoms. The number of thiazole rings is 1. The number of fused-ring (bicyclic) bond motifs is 2. The van der Waals surface area contributed by atoms with E-state index in [-0.39, 0.29) is 12.2 Å². The molecule has 1 saturated heterocycles. The Morgan fingerprint density at radius 3 is 2.62 bits per heavy atom. The van der Waals surface area contributed by atoms with Gasteiger partial charge in [-0.15, -0.1) is 11.3 Å². The molecule has 2 aromatic carbocycles. The molecule has 1 aliphatic rings. The van der Waals surface area contributed by atoms with E-state index >= 15 is 0 Å². The van der Waals surface area contributed by atoms with E-state index in [1.165, 1.54) is 0 Å². The summed E-state index contributed by atoms with van der Waals surface area (Å²) in [5, 5.41) is 8.59. The van der Waals surface area contributed by atoms with Crippen LogP contribution in [0, 0.1) is 0 Å². The Hall–Kier alpha value is -4.25. The van der Waals surface area contributed by atoms with Gasteiger partial charge >= 0.3 is 6.09 Å². The van der Waals surface area contributed by atoms with E-state index < -0.39 is 5.60 Å². The second-order valence-corrected chi connectivity index (χ2v) is 11.8. The average Bonchev–Trinajstić information content (AvgIpc) is 3.56. The van der Waals surface area contributed by atoms with E-state index in [4.69, 9.17) is 9.47 Å². The highest BCUT2D eigenvalue weighted by atomic mass is 32.1. The normalized spacial score (nSPS) is 14.6. The monoisotopic (exact) mass is 557 g/mol. The summed E-state index contributed by atoms with van der Waals surface area (Å²) in [4.78, 5) is 28.0. The standard InChI is InChI=1S/C29H31N7O3S/c1-29(2,3)39-28(37)36-9-7-21(8-10-36)38-24-12-18(19-14-33-35(4)15-19)11-23-26(24)27(31-16-30-23)34-20-5-6-25-22(13-20)32-17-40-25/h5-6,11-17,21H,7-10H2,1-4H3,(H,30,31,34). The smallest absolute Gasteiger partial charge is 0.410 e. The van der Waals surface area contributed by atoms with Gasteiger partial charge in [0.25, 0.3) is 0 Å². The van der Waals surface area contributed by atoms with Gasteiger partial charge in [0.15, 0.2) is 0 Å². The number of likely N-dealkylation sites (tertiary alicyclic amines) is 1. The average molecular weight is 558 g/mol. The first-order chi connectivity index (χ1) is 19.2. The molecular formula is C29H31N7O3S. The number of hydrogen-bond donors (Lipinski definition) is 1. The number of carbonyl (C=O) groups excluding carboxylic acids is 1. The van der Waals surface area contributed by atoms with Gasteiger partial charge in [0.1, 0.15) is 29.6 Å². The molecule has 0 radical (unpaired) electrons. The molecule has 40 heavy (non-hydrogen) atoms. The molecule has 0 bridgehead atoms. The molecule has 11 heteroatoms. The quantitative estimate of drug-likeness (QED) is 0.274. The van der Waals surface area contributed by atoms with Gasteiger partial charge in [-0.1, -0.05) is 0 Å². The lowest BCUT2D eigenvalue weighted by Crippen LogP contribution is -2.44. The lowest BCUT2D eigenvalue weighted by Gasteiger charge is -2.33. The first-order valence-electron chi connectivity index (χ1n) is 13.2. The van der Waals surface area contributed by atoms with Gasteiger partial charge in [-0.2, -0.15) is 5.10 Å². The fourth-order valence-electron chi connectivity index (χ4n) is 4.81. The third-order valence-electron chi connectivity index (χ3n) is 6.72. The summed E-state index contributed by atoms with van der Waals surface area (Å²) in [7, 11) is 1.89. The number of piperidine rings is 1. The van der Waals surface area contributed by atoms with Crippen LogP contribution in [-0.2, 0) is 11.8 Å². The predicted molar refractivity (Wildman–Crippen MR) is 156 cm³/mol. The van der Waals surface area contributed by atoms with Crippen molar-refractivity contribution in [2.75, 3.05) is 18.4 Å². The third-order valence-corrected chi connectivity index (χ3v) is 7.53.